The van der Waals surface area contributed by atoms with Crippen LogP contribution in [0.15, 0.2) is 11.2 Å². The second-order valence-electron chi connectivity index (χ2n) is 3.61. The Labute approximate surface area is 108 Å². The van der Waals surface area contributed by atoms with E-state index in [-0.39, 0.29) is 27.9 Å². The van der Waals surface area contributed by atoms with Crippen LogP contribution in [0.4, 0.5) is 17.6 Å². The molecule has 0 aliphatic rings. The van der Waals surface area contributed by atoms with E-state index in [0.29, 0.717) is 6.07 Å². The average molecular weight is 295 g/mol. The summed E-state index contributed by atoms with van der Waals surface area (Å²) in [6.07, 6.45) is -2.81. The van der Waals surface area contributed by atoms with Crippen molar-refractivity contribution in [3.8, 4) is 5.75 Å². The quantitative estimate of drug-likeness (QED) is 0.642. The first-order valence-electron chi connectivity index (χ1n) is 5.01. The molecule has 2 aromatic rings. The van der Waals surface area contributed by atoms with E-state index in [1.807, 2.05) is 0 Å². The normalized spacial score (nSPS) is 11.3. The number of aryl methyl sites for hydroxylation is 1. The number of aromatic nitrogens is 2. The van der Waals surface area contributed by atoms with Gasteiger partial charge in [0, 0.05) is 17.3 Å². The molecule has 2 rings (SSSR count). The summed E-state index contributed by atoms with van der Waals surface area (Å²) < 4.78 is 67.9. The largest absolute Gasteiger partial charge is 0.548 e. The fraction of sp³-hybridized carbons (Fsp3) is 0.300. The minimum Gasteiger partial charge on any atom is -0.484 e. The van der Waals surface area contributed by atoms with Crippen LogP contribution in [0, 0.1) is 11.6 Å². The van der Waals surface area contributed by atoms with Gasteiger partial charge in [0.1, 0.15) is 17.6 Å². The Bertz CT molecular complexity index is 644. The molecule has 1 heterocycles. The molecule has 0 N–H and O–H groups in total. The van der Waals surface area contributed by atoms with E-state index in [4.69, 9.17) is 0 Å². The lowest BCUT2D eigenvalue weighted by molar-refractivity contribution is 0.0798. The van der Waals surface area contributed by atoms with Gasteiger partial charge in [0.25, 0.3) is 6.43 Å². The van der Waals surface area contributed by atoms with Crippen molar-refractivity contribution in [3.05, 3.63) is 17.7 Å². The molecular formula is C10H7F4N2O2S+. The van der Waals surface area contributed by atoms with Crippen molar-refractivity contribution in [3.63, 3.8) is 0 Å². The average Bonchev–Trinajstić information content (AvgIpc) is 2.70. The summed E-state index contributed by atoms with van der Waals surface area (Å²) in [6, 6.07) is 0.631. The van der Waals surface area contributed by atoms with E-state index < -0.39 is 30.4 Å². The van der Waals surface area contributed by atoms with E-state index in [1.165, 1.54) is 7.05 Å². The van der Waals surface area contributed by atoms with Crippen molar-refractivity contribution in [1.29, 1.82) is 0 Å². The van der Waals surface area contributed by atoms with Gasteiger partial charge in [0.15, 0.2) is 17.4 Å². The Morgan fingerprint density at radius 2 is 2.16 bits per heavy atom. The van der Waals surface area contributed by atoms with E-state index >= 15 is 0 Å². The number of rotatable bonds is 4. The third-order valence-corrected chi connectivity index (χ3v) is 2.92. The molecular weight excluding hydrogens is 288 g/mol. The van der Waals surface area contributed by atoms with Gasteiger partial charge in [-0.05, 0) is 0 Å². The molecule has 0 saturated heterocycles. The van der Waals surface area contributed by atoms with Gasteiger partial charge in [-0.1, -0.05) is 0 Å². The molecule has 102 valence electrons. The second kappa shape index (κ2) is 5.08. The summed E-state index contributed by atoms with van der Waals surface area (Å²) in [6.45, 7) is -1.05. The molecule has 0 fully saturated rings. The van der Waals surface area contributed by atoms with Crippen LogP contribution in [0.5, 0.6) is 5.75 Å². The predicted octanol–water partition coefficient (Wildman–Crippen LogP) is 2.28. The molecule has 0 atom stereocenters. The molecule has 19 heavy (non-hydrogen) atoms. The molecule has 0 unspecified atom stereocenters. The van der Waals surface area contributed by atoms with Crippen molar-refractivity contribution in [2.75, 3.05) is 6.61 Å². The Hall–Kier alpha value is -1.77. The van der Waals surface area contributed by atoms with Gasteiger partial charge in [0.2, 0.25) is 0 Å². The van der Waals surface area contributed by atoms with Crippen molar-refractivity contribution in [2.45, 2.75) is 11.6 Å². The standard InChI is InChI=1S/C10H7F4N2O2S/c1-16-9-7(14)5(18-3-6(12)13)2-4(11)8(9)15-10(16)19-17/h2,6H,3H2,1H3/q+1. The highest BCUT2D eigenvalue weighted by Gasteiger charge is 2.26. The lowest BCUT2D eigenvalue weighted by Gasteiger charge is -2.07. The van der Waals surface area contributed by atoms with Crippen LogP contribution in [-0.4, -0.2) is 22.6 Å². The van der Waals surface area contributed by atoms with Crippen LogP contribution in [0.1, 0.15) is 0 Å². The Morgan fingerprint density at radius 3 is 2.74 bits per heavy atom. The number of ether oxygens (including phenoxy) is 1. The minimum atomic E-state index is -2.81. The molecule has 0 amide bonds. The van der Waals surface area contributed by atoms with Crippen molar-refractivity contribution < 1.29 is 26.5 Å². The number of nitrogens with zero attached hydrogens (tertiary/aromatic N) is 2. The zero-order chi connectivity index (χ0) is 14.2. The predicted molar refractivity (Wildman–Crippen MR) is 58.4 cm³/mol. The van der Waals surface area contributed by atoms with Crippen molar-refractivity contribution in [2.24, 2.45) is 7.05 Å². The number of hydrogen-bond acceptors (Lipinski definition) is 3. The van der Waals surface area contributed by atoms with Gasteiger partial charge in [-0.3, -0.25) is 4.57 Å². The Balaban J connectivity index is 2.60. The summed E-state index contributed by atoms with van der Waals surface area (Å²) in [4.78, 5) is 3.62. The first-order valence-corrected chi connectivity index (χ1v) is 5.75. The topological polar surface area (TPSA) is 44.1 Å². The molecule has 0 aliphatic heterocycles. The second-order valence-corrected chi connectivity index (χ2v) is 4.14. The molecule has 1 aromatic heterocycles. The molecule has 1 aromatic carbocycles. The van der Waals surface area contributed by atoms with E-state index in [9.17, 15) is 21.8 Å². The lowest BCUT2D eigenvalue weighted by atomic mass is 10.2. The third-order valence-electron chi connectivity index (χ3n) is 2.40. The smallest absolute Gasteiger partial charge is 0.484 e. The zero-order valence-corrected chi connectivity index (χ0v) is 10.3. The molecule has 0 aliphatic carbocycles. The van der Waals surface area contributed by atoms with Crippen molar-refractivity contribution >= 4 is 22.7 Å². The summed E-state index contributed by atoms with van der Waals surface area (Å²) in [5.41, 5.74) is -0.648. The fourth-order valence-corrected chi connectivity index (χ4v) is 1.92. The maximum atomic E-state index is 14.0. The summed E-state index contributed by atoms with van der Waals surface area (Å²) in [7, 11) is 1.31. The number of imidazole rings is 1. The van der Waals surface area contributed by atoms with Crippen LogP contribution >= 0.6 is 0 Å². The van der Waals surface area contributed by atoms with Gasteiger partial charge < -0.3 is 4.74 Å². The number of benzene rings is 1. The first-order chi connectivity index (χ1) is 8.95. The van der Waals surface area contributed by atoms with Crippen LogP contribution in [-0.2, 0) is 22.9 Å². The van der Waals surface area contributed by atoms with Crippen LogP contribution in [0.2, 0.25) is 0 Å². The van der Waals surface area contributed by atoms with Crippen LogP contribution in [0.3, 0.4) is 0 Å². The van der Waals surface area contributed by atoms with Crippen LogP contribution in [0.25, 0.3) is 11.0 Å². The van der Waals surface area contributed by atoms with Crippen molar-refractivity contribution in [1.82, 2.24) is 9.55 Å². The highest BCUT2D eigenvalue weighted by molar-refractivity contribution is 7.65. The molecule has 0 saturated carbocycles. The van der Waals surface area contributed by atoms with Gasteiger partial charge in [0.05, 0.1) is 0 Å². The maximum Gasteiger partial charge on any atom is 0.548 e. The van der Waals surface area contributed by atoms with Gasteiger partial charge in [-0.25, -0.2) is 17.6 Å². The molecule has 0 spiro atoms. The fourth-order valence-electron chi connectivity index (χ4n) is 1.59. The third kappa shape index (κ3) is 2.37. The Morgan fingerprint density at radius 1 is 1.47 bits per heavy atom. The maximum absolute atomic E-state index is 14.0. The lowest BCUT2D eigenvalue weighted by Crippen LogP contribution is -2.09. The highest BCUT2D eigenvalue weighted by Crippen LogP contribution is 2.29. The van der Waals surface area contributed by atoms with E-state index in [2.05, 4.69) is 9.72 Å². The summed E-state index contributed by atoms with van der Waals surface area (Å²) in [5.74, 6) is -2.63. The number of hydrogen-bond donors (Lipinski definition) is 0. The van der Waals surface area contributed by atoms with Crippen LogP contribution < -0.4 is 4.74 Å². The monoisotopic (exact) mass is 295 g/mol. The first kappa shape index (κ1) is 13.7. The van der Waals surface area contributed by atoms with Gasteiger partial charge in [-0.15, -0.1) is 0 Å². The SMILES string of the molecule is Cn1c([S+]=O)nc2c(F)cc(OCC(F)F)c(F)c21. The number of halogens is 4. The molecule has 0 bridgehead atoms. The molecule has 4 nitrogen and oxygen atoms in total. The van der Waals surface area contributed by atoms with Gasteiger partial charge >= 0.3 is 16.8 Å². The van der Waals surface area contributed by atoms with E-state index in [1.54, 1.807) is 0 Å². The summed E-state index contributed by atoms with van der Waals surface area (Å²) >= 11 is -0.0296. The molecule has 9 heteroatoms. The zero-order valence-electron chi connectivity index (χ0n) is 9.49. The highest BCUT2D eigenvalue weighted by atomic mass is 32.1. The molecule has 0 radical (unpaired) electrons. The Kier molecular flexibility index (Phi) is 3.65. The summed E-state index contributed by atoms with van der Waals surface area (Å²) in [5, 5.41) is -0.140. The number of fused-ring (bicyclic) bond motifs is 1. The minimum absolute atomic E-state index is 0.0296. The number of alkyl halides is 2. The van der Waals surface area contributed by atoms with Gasteiger partial charge in [-0.2, -0.15) is 4.98 Å². The van der Waals surface area contributed by atoms with E-state index in [0.717, 1.165) is 4.57 Å².